The van der Waals surface area contributed by atoms with Crippen LogP contribution in [0.1, 0.15) is 55.6 Å². The lowest BCUT2D eigenvalue weighted by Gasteiger charge is -2.18. The highest BCUT2D eigenvalue weighted by molar-refractivity contribution is 7.98. The molecule has 1 saturated carbocycles. The van der Waals surface area contributed by atoms with Crippen molar-refractivity contribution in [3.8, 4) is 0 Å². The van der Waals surface area contributed by atoms with E-state index in [1.165, 1.54) is 43.2 Å². The Morgan fingerprint density at radius 1 is 1.32 bits per heavy atom. The summed E-state index contributed by atoms with van der Waals surface area (Å²) in [4.78, 5) is 20.3. The standard InChI is InChI=1S/C16H21N3OS2/c1-2-19-9-8-14(20)18-16(19)22-11-13-10-21-15(17-13)12-6-4-3-5-7-12/h8-10,12H,2-7,11H2,1H3. The Morgan fingerprint density at radius 3 is 2.91 bits per heavy atom. The Balaban J connectivity index is 1.65. The first kappa shape index (κ1) is 15.7. The lowest BCUT2D eigenvalue weighted by molar-refractivity contribution is 0.442. The van der Waals surface area contributed by atoms with Gasteiger partial charge in [-0.2, -0.15) is 4.98 Å². The summed E-state index contributed by atoms with van der Waals surface area (Å²) in [6, 6.07) is 1.51. The van der Waals surface area contributed by atoms with Crippen molar-refractivity contribution in [3.63, 3.8) is 0 Å². The van der Waals surface area contributed by atoms with Gasteiger partial charge in [-0.1, -0.05) is 31.0 Å². The second-order valence-corrected chi connectivity index (χ2v) is 7.47. The maximum absolute atomic E-state index is 11.4. The van der Waals surface area contributed by atoms with E-state index in [1.807, 2.05) is 10.8 Å². The molecule has 0 bridgehead atoms. The summed E-state index contributed by atoms with van der Waals surface area (Å²) in [7, 11) is 0. The smallest absolute Gasteiger partial charge is 0.273 e. The average molecular weight is 335 g/mol. The van der Waals surface area contributed by atoms with Gasteiger partial charge in [0.05, 0.1) is 10.7 Å². The Kier molecular flexibility index (Phi) is 5.31. The molecule has 1 aliphatic rings. The van der Waals surface area contributed by atoms with Crippen molar-refractivity contribution in [2.45, 2.75) is 62.4 Å². The second kappa shape index (κ2) is 7.42. The van der Waals surface area contributed by atoms with Gasteiger partial charge < -0.3 is 4.57 Å². The van der Waals surface area contributed by atoms with E-state index in [2.05, 4.69) is 17.3 Å². The van der Waals surface area contributed by atoms with Gasteiger partial charge in [0, 0.05) is 35.9 Å². The second-order valence-electron chi connectivity index (χ2n) is 5.64. The van der Waals surface area contributed by atoms with Crippen LogP contribution in [-0.2, 0) is 12.3 Å². The van der Waals surface area contributed by atoms with Crippen LogP contribution in [0.3, 0.4) is 0 Å². The molecule has 2 heterocycles. The van der Waals surface area contributed by atoms with Crippen molar-refractivity contribution < 1.29 is 0 Å². The number of rotatable bonds is 5. The molecule has 0 spiro atoms. The van der Waals surface area contributed by atoms with Gasteiger partial charge in [-0.25, -0.2) is 4.98 Å². The van der Waals surface area contributed by atoms with E-state index in [1.54, 1.807) is 23.1 Å². The van der Waals surface area contributed by atoms with Crippen LogP contribution < -0.4 is 5.56 Å². The fourth-order valence-electron chi connectivity index (χ4n) is 2.83. The average Bonchev–Trinajstić information content (AvgIpc) is 3.03. The van der Waals surface area contributed by atoms with Crippen molar-refractivity contribution in [2.24, 2.45) is 0 Å². The molecule has 0 atom stereocenters. The summed E-state index contributed by atoms with van der Waals surface area (Å²) in [5.41, 5.74) is 0.935. The van der Waals surface area contributed by atoms with E-state index >= 15 is 0 Å². The topological polar surface area (TPSA) is 47.8 Å². The number of hydrogen-bond donors (Lipinski definition) is 0. The monoisotopic (exact) mass is 335 g/mol. The van der Waals surface area contributed by atoms with E-state index < -0.39 is 0 Å². The van der Waals surface area contributed by atoms with E-state index in [4.69, 9.17) is 4.98 Å². The van der Waals surface area contributed by atoms with Crippen molar-refractivity contribution in [3.05, 3.63) is 38.7 Å². The molecular formula is C16H21N3OS2. The van der Waals surface area contributed by atoms with Gasteiger partial charge in [0.25, 0.3) is 5.56 Å². The van der Waals surface area contributed by atoms with Crippen LogP contribution in [0.4, 0.5) is 0 Å². The molecule has 2 aromatic heterocycles. The predicted molar refractivity (Wildman–Crippen MR) is 91.7 cm³/mol. The number of aromatic nitrogens is 3. The number of thiazole rings is 1. The highest BCUT2D eigenvalue weighted by Gasteiger charge is 2.18. The molecule has 22 heavy (non-hydrogen) atoms. The highest BCUT2D eigenvalue weighted by Crippen LogP contribution is 2.34. The first-order valence-corrected chi connectivity index (χ1v) is 9.77. The molecule has 2 aromatic rings. The zero-order valence-electron chi connectivity index (χ0n) is 12.8. The van der Waals surface area contributed by atoms with Crippen LogP contribution in [0.15, 0.2) is 27.6 Å². The van der Waals surface area contributed by atoms with Gasteiger partial charge in [0.2, 0.25) is 0 Å². The maximum atomic E-state index is 11.4. The van der Waals surface area contributed by atoms with Crippen LogP contribution in [0, 0.1) is 0 Å². The van der Waals surface area contributed by atoms with Crippen LogP contribution in [0.25, 0.3) is 0 Å². The zero-order chi connectivity index (χ0) is 15.4. The van der Waals surface area contributed by atoms with E-state index in [-0.39, 0.29) is 5.56 Å². The summed E-state index contributed by atoms with van der Waals surface area (Å²) in [5, 5.41) is 4.24. The molecule has 118 valence electrons. The normalized spacial score (nSPS) is 16.0. The van der Waals surface area contributed by atoms with Gasteiger partial charge in [-0.3, -0.25) is 4.79 Å². The van der Waals surface area contributed by atoms with Crippen molar-refractivity contribution in [1.29, 1.82) is 0 Å². The number of thioether (sulfide) groups is 1. The molecule has 0 N–H and O–H groups in total. The van der Waals surface area contributed by atoms with Crippen molar-refractivity contribution >= 4 is 23.1 Å². The van der Waals surface area contributed by atoms with Gasteiger partial charge in [-0.05, 0) is 19.8 Å². The summed E-state index contributed by atoms with van der Waals surface area (Å²) in [6.45, 7) is 2.88. The number of aryl methyl sites for hydroxylation is 1. The minimum atomic E-state index is -0.173. The summed E-state index contributed by atoms with van der Waals surface area (Å²) in [6.07, 6.45) is 8.44. The molecule has 1 fully saturated rings. The Hall–Kier alpha value is -1.14. The van der Waals surface area contributed by atoms with E-state index in [0.717, 1.165) is 23.1 Å². The third-order valence-electron chi connectivity index (χ3n) is 4.06. The fraction of sp³-hybridized carbons (Fsp3) is 0.562. The van der Waals surface area contributed by atoms with E-state index in [0.29, 0.717) is 5.92 Å². The lowest BCUT2D eigenvalue weighted by atomic mass is 9.90. The van der Waals surface area contributed by atoms with Crippen LogP contribution in [0.5, 0.6) is 0 Å². The van der Waals surface area contributed by atoms with Crippen LogP contribution >= 0.6 is 23.1 Å². The van der Waals surface area contributed by atoms with Gasteiger partial charge in [0.1, 0.15) is 0 Å². The first-order chi connectivity index (χ1) is 10.8. The minimum absolute atomic E-state index is 0.173. The molecule has 0 unspecified atom stereocenters. The number of hydrogen-bond acceptors (Lipinski definition) is 5. The van der Waals surface area contributed by atoms with E-state index in [9.17, 15) is 4.79 Å². The van der Waals surface area contributed by atoms with Crippen LogP contribution in [-0.4, -0.2) is 14.5 Å². The Morgan fingerprint density at radius 2 is 2.14 bits per heavy atom. The van der Waals surface area contributed by atoms with Crippen molar-refractivity contribution in [2.75, 3.05) is 0 Å². The quantitative estimate of drug-likeness (QED) is 0.611. The van der Waals surface area contributed by atoms with Crippen LogP contribution in [0.2, 0.25) is 0 Å². The Bertz CT molecular complexity index is 674. The lowest BCUT2D eigenvalue weighted by Crippen LogP contribution is -2.12. The molecule has 0 saturated heterocycles. The molecule has 6 heteroatoms. The molecule has 0 amide bonds. The third-order valence-corrected chi connectivity index (χ3v) is 6.14. The molecule has 0 aliphatic heterocycles. The van der Waals surface area contributed by atoms with Gasteiger partial charge in [-0.15, -0.1) is 11.3 Å². The first-order valence-electron chi connectivity index (χ1n) is 7.91. The summed E-state index contributed by atoms with van der Waals surface area (Å²) in [5.74, 6) is 1.45. The molecular weight excluding hydrogens is 314 g/mol. The SMILES string of the molecule is CCn1ccc(=O)nc1SCc1csc(C2CCCCC2)n1. The molecule has 0 aromatic carbocycles. The van der Waals surface area contributed by atoms with Gasteiger partial charge in [0.15, 0.2) is 5.16 Å². The zero-order valence-corrected chi connectivity index (χ0v) is 14.5. The molecule has 0 radical (unpaired) electrons. The third kappa shape index (κ3) is 3.79. The highest BCUT2D eigenvalue weighted by atomic mass is 32.2. The predicted octanol–water partition coefficient (Wildman–Crippen LogP) is 4.06. The minimum Gasteiger partial charge on any atom is -0.328 e. The summed E-state index contributed by atoms with van der Waals surface area (Å²) >= 11 is 3.39. The molecule has 1 aliphatic carbocycles. The van der Waals surface area contributed by atoms with Gasteiger partial charge >= 0.3 is 0 Å². The largest absolute Gasteiger partial charge is 0.328 e. The maximum Gasteiger partial charge on any atom is 0.273 e. The number of nitrogens with zero attached hydrogens (tertiary/aromatic N) is 3. The Labute approximate surface area is 139 Å². The summed E-state index contributed by atoms with van der Waals surface area (Å²) < 4.78 is 2.00. The fourth-order valence-corrected chi connectivity index (χ4v) is 4.87. The molecule has 3 rings (SSSR count). The van der Waals surface area contributed by atoms with Crippen molar-refractivity contribution in [1.82, 2.24) is 14.5 Å². The molecule has 4 nitrogen and oxygen atoms in total.